The van der Waals surface area contributed by atoms with Gasteiger partial charge in [0, 0.05) is 27.1 Å². The van der Waals surface area contributed by atoms with Crippen molar-refractivity contribution in [3.05, 3.63) is 44.2 Å². The molecule has 0 saturated carbocycles. The minimum atomic E-state index is -1.33. The Morgan fingerprint density at radius 3 is 2.87 bits per heavy atom. The number of rotatable bonds is 10. The van der Waals surface area contributed by atoms with Crippen LogP contribution in [0.25, 0.3) is 5.70 Å². The number of thiazole rings is 1. The highest BCUT2D eigenvalue weighted by Crippen LogP contribution is 2.31. The van der Waals surface area contributed by atoms with Crippen molar-refractivity contribution in [2.75, 3.05) is 6.61 Å². The second-order valence-corrected chi connectivity index (χ2v) is 9.18. The van der Waals surface area contributed by atoms with Crippen LogP contribution in [0.4, 0.5) is 0 Å². The molecule has 0 fully saturated rings. The number of halogens is 2. The number of aliphatic hydroxyl groups excluding tert-OH is 3. The van der Waals surface area contributed by atoms with E-state index in [1.807, 2.05) is 6.07 Å². The van der Waals surface area contributed by atoms with Gasteiger partial charge < -0.3 is 31.1 Å². The van der Waals surface area contributed by atoms with Gasteiger partial charge in [0.25, 0.3) is 0 Å². The molecule has 9 nitrogen and oxygen atoms in total. The van der Waals surface area contributed by atoms with Crippen LogP contribution < -0.4 is 11.1 Å². The van der Waals surface area contributed by atoms with Gasteiger partial charge in [-0.2, -0.15) is 5.26 Å². The SMILES string of the molecule is CC(O)C(CO)OC(Sc1cc(Br)cnc1C#N)C(O)N/C=C(\N)c1nc(Cl)cs1. The summed E-state index contributed by atoms with van der Waals surface area (Å²) in [6, 6.07) is 3.62. The molecule has 0 aliphatic heterocycles. The van der Waals surface area contributed by atoms with E-state index in [2.05, 4.69) is 31.2 Å². The second-order valence-electron chi connectivity index (χ2n) is 5.88. The number of thioether (sulfide) groups is 1. The molecular weight excluding hydrogens is 518 g/mol. The van der Waals surface area contributed by atoms with Crippen molar-refractivity contribution in [1.82, 2.24) is 15.3 Å². The molecule has 0 aliphatic carbocycles. The molecular formula is C17H19BrClN5O4S2. The molecule has 0 aliphatic rings. The highest BCUT2D eigenvalue weighted by molar-refractivity contribution is 9.10. The van der Waals surface area contributed by atoms with Crippen molar-refractivity contribution < 1.29 is 20.1 Å². The van der Waals surface area contributed by atoms with Crippen molar-refractivity contribution in [1.29, 1.82) is 5.26 Å². The third kappa shape index (κ3) is 7.07. The fourth-order valence-corrected chi connectivity index (χ4v) is 4.49. The zero-order valence-electron chi connectivity index (χ0n) is 15.6. The van der Waals surface area contributed by atoms with Crippen molar-refractivity contribution in [3.8, 4) is 6.07 Å². The van der Waals surface area contributed by atoms with E-state index in [1.54, 1.807) is 11.4 Å². The zero-order chi connectivity index (χ0) is 22.3. The van der Waals surface area contributed by atoms with Gasteiger partial charge >= 0.3 is 0 Å². The van der Waals surface area contributed by atoms with E-state index < -0.39 is 30.5 Å². The normalized spacial score (nSPS) is 15.8. The fraction of sp³-hybridized carbons (Fsp3) is 0.353. The first kappa shape index (κ1) is 24.8. The Hall–Kier alpha value is -1.43. The van der Waals surface area contributed by atoms with E-state index >= 15 is 0 Å². The highest BCUT2D eigenvalue weighted by atomic mass is 79.9. The van der Waals surface area contributed by atoms with E-state index in [-0.39, 0.29) is 11.4 Å². The van der Waals surface area contributed by atoms with Crippen LogP contribution in [0.5, 0.6) is 0 Å². The predicted octanol–water partition coefficient (Wildman–Crippen LogP) is 1.87. The maximum absolute atomic E-state index is 10.7. The first-order valence-electron chi connectivity index (χ1n) is 8.43. The summed E-state index contributed by atoms with van der Waals surface area (Å²) in [7, 11) is 0. The summed E-state index contributed by atoms with van der Waals surface area (Å²) in [5.74, 6) is 0. The number of hydrogen-bond acceptors (Lipinski definition) is 11. The van der Waals surface area contributed by atoms with E-state index in [1.165, 1.54) is 30.7 Å². The maximum atomic E-state index is 10.7. The third-order valence-corrected chi connectivity index (χ3v) is 6.40. The number of nitrogens with one attached hydrogen (secondary N) is 1. The molecule has 162 valence electrons. The Balaban J connectivity index is 2.24. The Morgan fingerprint density at radius 2 is 2.30 bits per heavy atom. The maximum Gasteiger partial charge on any atom is 0.160 e. The molecule has 13 heteroatoms. The van der Waals surface area contributed by atoms with Gasteiger partial charge in [0.2, 0.25) is 0 Å². The van der Waals surface area contributed by atoms with Crippen LogP contribution in [0, 0.1) is 11.3 Å². The van der Waals surface area contributed by atoms with Crippen LogP contribution in [0.1, 0.15) is 17.6 Å². The van der Waals surface area contributed by atoms with Crippen LogP contribution in [0.15, 0.2) is 33.2 Å². The largest absolute Gasteiger partial charge is 0.395 e. The number of pyridine rings is 1. The molecule has 2 heterocycles. The Labute approximate surface area is 194 Å². The quantitative estimate of drug-likeness (QED) is 0.224. The molecule has 0 aromatic carbocycles. The van der Waals surface area contributed by atoms with Crippen LogP contribution in [-0.2, 0) is 4.74 Å². The third-order valence-electron chi connectivity index (χ3n) is 3.59. The lowest BCUT2D eigenvalue weighted by Crippen LogP contribution is -2.42. The minimum absolute atomic E-state index is 0.133. The van der Waals surface area contributed by atoms with Gasteiger partial charge in [0.1, 0.15) is 22.3 Å². The summed E-state index contributed by atoms with van der Waals surface area (Å²) in [6.07, 6.45) is -0.482. The van der Waals surface area contributed by atoms with Gasteiger partial charge in [-0.1, -0.05) is 23.4 Å². The summed E-state index contributed by atoms with van der Waals surface area (Å²) in [6.45, 7) is 0.979. The molecule has 0 saturated heterocycles. The lowest BCUT2D eigenvalue weighted by atomic mass is 10.2. The lowest BCUT2D eigenvalue weighted by Gasteiger charge is -2.28. The lowest BCUT2D eigenvalue weighted by molar-refractivity contribution is -0.0978. The summed E-state index contributed by atoms with van der Waals surface area (Å²) >= 11 is 11.3. The van der Waals surface area contributed by atoms with Gasteiger partial charge in [-0.05, 0) is 28.9 Å². The Kier molecular flexibility index (Phi) is 9.79. The molecule has 0 bridgehead atoms. The van der Waals surface area contributed by atoms with Crippen molar-refractivity contribution in [3.63, 3.8) is 0 Å². The van der Waals surface area contributed by atoms with Crippen molar-refractivity contribution >= 4 is 56.3 Å². The zero-order valence-corrected chi connectivity index (χ0v) is 19.5. The first-order chi connectivity index (χ1) is 14.2. The predicted molar refractivity (Wildman–Crippen MR) is 118 cm³/mol. The minimum Gasteiger partial charge on any atom is -0.395 e. The van der Waals surface area contributed by atoms with Crippen LogP contribution in [0.2, 0.25) is 5.15 Å². The number of nitriles is 1. The smallest absolute Gasteiger partial charge is 0.160 e. The summed E-state index contributed by atoms with van der Waals surface area (Å²) in [5.41, 5.74) is 5.28. The molecule has 0 amide bonds. The number of aliphatic hydroxyl groups is 3. The molecule has 6 N–H and O–H groups in total. The first-order valence-corrected chi connectivity index (χ1v) is 11.4. The molecule has 0 radical (unpaired) electrons. The van der Waals surface area contributed by atoms with Gasteiger partial charge in [-0.15, -0.1) is 11.3 Å². The molecule has 2 aromatic heterocycles. The summed E-state index contributed by atoms with van der Waals surface area (Å²) < 4.78 is 6.33. The molecule has 30 heavy (non-hydrogen) atoms. The van der Waals surface area contributed by atoms with E-state index in [0.29, 0.717) is 19.5 Å². The molecule has 0 spiro atoms. The highest BCUT2D eigenvalue weighted by Gasteiger charge is 2.28. The molecule has 2 rings (SSSR count). The molecule has 4 atom stereocenters. The molecule has 2 aromatic rings. The number of hydrogen-bond donors (Lipinski definition) is 5. The summed E-state index contributed by atoms with van der Waals surface area (Å²) in [5, 5.41) is 44.3. The van der Waals surface area contributed by atoms with Crippen LogP contribution in [0.3, 0.4) is 0 Å². The van der Waals surface area contributed by atoms with Gasteiger partial charge in [-0.3, -0.25) is 0 Å². The topological polar surface area (TPSA) is 158 Å². The van der Waals surface area contributed by atoms with E-state index in [9.17, 15) is 20.6 Å². The van der Waals surface area contributed by atoms with E-state index in [0.717, 1.165) is 11.8 Å². The van der Waals surface area contributed by atoms with E-state index in [4.69, 9.17) is 22.1 Å². The van der Waals surface area contributed by atoms with Crippen molar-refractivity contribution in [2.24, 2.45) is 5.73 Å². The second kappa shape index (κ2) is 11.8. The number of aromatic nitrogens is 2. The van der Waals surface area contributed by atoms with Gasteiger partial charge in [0.05, 0.1) is 18.4 Å². The molecule has 4 unspecified atom stereocenters. The van der Waals surface area contributed by atoms with Crippen LogP contribution in [-0.4, -0.2) is 55.8 Å². The number of nitrogens with zero attached hydrogens (tertiary/aromatic N) is 3. The average molecular weight is 537 g/mol. The van der Waals surface area contributed by atoms with Gasteiger partial charge in [-0.25, -0.2) is 9.97 Å². The Morgan fingerprint density at radius 1 is 1.57 bits per heavy atom. The van der Waals surface area contributed by atoms with Crippen molar-refractivity contribution in [2.45, 2.75) is 35.7 Å². The summed E-state index contributed by atoms with van der Waals surface area (Å²) in [4.78, 5) is 8.49. The fourth-order valence-electron chi connectivity index (χ4n) is 2.07. The van der Waals surface area contributed by atoms with Gasteiger partial charge in [0.15, 0.2) is 17.4 Å². The number of nitrogens with two attached hydrogens (primary N) is 1. The van der Waals surface area contributed by atoms with Crippen LogP contribution >= 0.6 is 50.6 Å². The standard InChI is InChI=1S/C17H19BrClN5O4S2/c1-8(26)12(6-25)28-17(30-13-2-9(18)4-22-11(13)3-20)15(27)23-5-10(21)16-24-14(19)7-29-16/h2,4-5,7-8,12,15,17,23,25-27H,6,21H2,1H3/b10-5-. The monoisotopic (exact) mass is 535 g/mol. The number of ether oxygens (including phenoxy) is 1. The Bertz CT molecular complexity index is 924. The average Bonchev–Trinajstić information content (AvgIpc) is 3.15.